The molecule has 2 aromatic heterocycles. The van der Waals surface area contributed by atoms with Gasteiger partial charge in [-0.2, -0.15) is 0 Å². The molecule has 0 N–H and O–H groups in total. The van der Waals surface area contributed by atoms with E-state index in [1.54, 1.807) is 11.3 Å². The highest BCUT2D eigenvalue weighted by Gasteiger charge is 2.18. The van der Waals surface area contributed by atoms with Crippen LogP contribution in [0.3, 0.4) is 0 Å². The maximum atomic E-state index is 5.41. The fourth-order valence-corrected chi connectivity index (χ4v) is 9.53. The van der Waals surface area contributed by atoms with Crippen LogP contribution in [0.25, 0.3) is 110 Å². The van der Waals surface area contributed by atoms with Crippen molar-refractivity contribution in [2.75, 3.05) is 0 Å². The Morgan fingerprint density at radius 1 is 0.262 bits per heavy atom. The first kappa shape index (κ1) is 36.4. The van der Waals surface area contributed by atoms with Crippen LogP contribution >= 0.6 is 11.3 Å². The van der Waals surface area contributed by atoms with Gasteiger partial charge in [0, 0.05) is 21.2 Å². The summed E-state index contributed by atoms with van der Waals surface area (Å²) in [5, 5.41) is 1.15. The first-order chi connectivity index (χ1) is 30.2. The van der Waals surface area contributed by atoms with Crippen LogP contribution in [0.4, 0.5) is 0 Å². The zero-order chi connectivity index (χ0) is 40.5. The molecule has 11 aromatic rings. The standard InChI is InChI=1S/C58H38N2S/c1-3-15-39(16-4-1)41-19-9-21-43(33-41)45-23-11-25-47(35-45)49-27-13-29-51(37-49)55-57-56(53-31-7-8-32-54(53)61-57)60-58(59-55)52-30-14-28-50(38-52)48-26-12-24-46(36-48)44-22-10-20-42(34-44)40-17-5-2-6-18-40/h1-38H. The Balaban J connectivity index is 0.972. The molecule has 2 nitrogen and oxygen atoms in total. The van der Waals surface area contributed by atoms with E-state index in [2.05, 4.69) is 231 Å². The number of benzene rings is 9. The zero-order valence-corrected chi connectivity index (χ0v) is 34.1. The second-order valence-electron chi connectivity index (χ2n) is 15.4. The fraction of sp³-hybridized carbons (Fsp3) is 0. The predicted octanol–water partition coefficient (Wildman–Crippen LogP) is 16.2. The highest BCUT2D eigenvalue weighted by Crippen LogP contribution is 2.41. The molecular formula is C58H38N2S. The monoisotopic (exact) mass is 794 g/mol. The van der Waals surface area contributed by atoms with Gasteiger partial charge >= 0.3 is 0 Å². The van der Waals surface area contributed by atoms with Crippen molar-refractivity contribution in [1.29, 1.82) is 0 Å². The maximum Gasteiger partial charge on any atom is 0.160 e. The molecule has 2 heterocycles. The summed E-state index contributed by atoms with van der Waals surface area (Å²) in [5.41, 5.74) is 18.1. The molecule has 0 aliphatic carbocycles. The van der Waals surface area contributed by atoms with Crippen molar-refractivity contribution in [3.63, 3.8) is 0 Å². The highest BCUT2D eigenvalue weighted by molar-refractivity contribution is 7.26. The van der Waals surface area contributed by atoms with Crippen LogP contribution in [-0.4, -0.2) is 9.97 Å². The molecule has 0 aliphatic heterocycles. The molecular weight excluding hydrogens is 757 g/mol. The van der Waals surface area contributed by atoms with E-state index in [0.717, 1.165) is 54.7 Å². The van der Waals surface area contributed by atoms with E-state index >= 15 is 0 Å². The normalized spacial score (nSPS) is 11.3. The summed E-state index contributed by atoms with van der Waals surface area (Å²) < 4.78 is 2.30. The van der Waals surface area contributed by atoms with Gasteiger partial charge in [0.25, 0.3) is 0 Å². The second-order valence-corrected chi connectivity index (χ2v) is 16.4. The number of fused-ring (bicyclic) bond motifs is 3. The molecule has 3 heteroatoms. The van der Waals surface area contributed by atoms with Crippen molar-refractivity contribution < 1.29 is 0 Å². The molecule has 11 rings (SSSR count). The third-order valence-corrected chi connectivity index (χ3v) is 12.6. The number of nitrogens with zero attached hydrogens (tertiary/aromatic N) is 2. The second kappa shape index (κ2) is 15.8. The first-order valence-electron chi connectivity index (χ1n) is 20.6. The Hall–Kier alpha value is -7.72. The maximum absolute atomic E-state index is 5.41. The zero-order valence-electron chi connectivity index (χ0n) is 33.2. The number of thiophene rings is 1. The molecule has 9 aromatic carbocycles. The average molecular weight is 795 g/mol. The Morgan fingerprint density at radius 2 is 0.590 bits per heavy atom. The van der Waals surface area contributed by atoms with E-state index in [0.29, 0.717) is 5.82 Å². The lowest BCUT2D eigenvalue weighted by Crippen LogP contribution is -1.94. The van der Waals surface area contributed by atoms with E-state index < -0.39 is 0 Å². The van der Waals surface area contributed by atoms with Gasteiger partial charge in [-0.15, -0.1) is 11.3 Å². The summed E-state index contributed by atoms with van der Waals surface area (Å²) in [7, 11) is 0. The van der Waals surface area contributed by atoms with E-state index in [1.807, 2.05) is 0 Å². The first-order valence-corrected chi connectivity index (χ1v) is 21.4. The van der Waals surface area contributed by atoms with Crippen molar-refractivity contribution in [2.24, 2.45) is 0 Å². The fourth-order valence-electron chi connectivity index (χ4n) is 8.37. The van der Waals surface area contributed by atoms with Gasteiger partial charge < -0.3 is 0 Å². The average Bonchev–Trinajstić information content (AvgIpc) is 3.73. The van der Waals surface area contributed by atoms with E-state index in [9.17, 15) is 0 Å². The molecule has 0 saturated carbocycles. The van der Waals surface area contributed by atoms with Gasteiger partial charge in [0.15, 0.2) is 5.82 Å². The molecule has 286 valence electrons. The third-order valence-electron chi connectivity index (χ3n) is 11.5. The number of hydrogen-bond acceptors (Lipinski definition) is 3. The minimum absolute atomic E-state index is 0.713. The largest absolute Gasteiger partial charge is 0.226 e. The number of hydrogen-bond donors (Lipinski definition) is 0. The Labute approximate surface area is 359 Å². The van der Waals surface area contributed by atoms with Crippen LogP contribution < -0.4 is 0 Å². The summed E-state index contributed by atoms with van der Waals surface area (Å²) in [6, 6.07) is 82.4. The van der Waals surface area contributed by atoms with Gasteiger partial charge in [0.05, 0.1) is 15.9 Å². The molecule has 0 amide bonds. The van der Waals surface area contributed by atoms with Crippen molar-refractivity contribution in [3.05, 3.63) is 231 Å². The highest BCUT2D eigenvalue weighted by atomic mass is 32.1. The van der Waals surface area contributed by atoms with Gasteiger partial charge in [-0.25, -0.2) is 9.97 Å². The van der Waals surface area contributed by atoms with Gasteiger partial charge in [-0.1, -0.05) is 188 Å². The van der Waals surface area contributed by atoms with E-state index in [1.165, 1.54) is 49.2 Å². The van der Waals surface area contributed by atoms with Gasteiger partial charge in [-0.3, -0.25) is 0 Å². The van der Waals surface area contributed by atoms with Crippen molar-refractivity contribution in [2.45, 2.75) is 0 Å². The van der Waals surface area contributed by atoms with Crippen molar-refractivity contribution in [3.8, 4) is 89.4 Å². The van der Waals surface area contributed by atoms with Gasteiger partial charge in [-0.05, 0) is 109 Å². The smallest absolute Gasteiger partial charge is 0.160 e. The summed E-state index contributed by atoms with van der Waals surface area (Å²) in [6.07, 6.45) is 0. The van der Waals surface area contributed by atoms with E-state index in [4.69, 9.17) is 9.97 Å². The summed E-state index contributed by atoms with van der Waals surface area (Å²) in [6.45, 7) is 0. The summed E-state index contributed by atoms with van der Waals surface area (Å²) in [4.78, 5) is 10.7. The molecule has 0 radical (unpaired) electrons. The molecule has 0 atom stereocenters. The Kier molecular flexibility index (Phi) is 9.42. The van der Waals surface area contributed by atoms with Gasteiger partial charge in [0.2, 0.25) is 0 Å². The molecule has 0 bridgehead atoms. The molecule has 61 heavy (non-hydrogen) atoms. The van der Waals surface area contributed by atoms with Gasteiger partial charge in [0.1, 0.15) is 0 Å². The van der Waals surface area contributed by atoms with Crippen LogP contribution in [0.1, 0.15) is 0 Å². The SMILES string of the molecule is c1ccc(-c2cccc(-c3cccc(-c4cccc(-c5nc(-c6cccc(-c7cccc(-c8cccc(-c9ccccc9)c8)c7)c6)c6sc7ccccc7c6n5)c4)c3)c2)cc1. The third kappa shape index (κ3) is 7.22. The summed E-state index contributed by atoms with van der Waals surface area (Å²) >= 11 is 1.76. The molecule has 0 spiro atoms. The molecule has 0 fully saturated rings. The number of rotatable bonds is 8. The molecule has 0 unspecified atom stereocenters. The van der Waals surface area contributed by atoms with E-state index in [-0.39, 0.29) is 0 Å². The lowest BCUT2D eigenvalue weighted by Gasteiger charge is -2.12. The molecule has 0 saturated heterocycles. The van der Waals surface area contributed by atoms with Crippen LogP contribution in [0.15, 0.2) is 231 Å². The predicted molar refractivity (Wildman–Crippen MR) is 258 cm³/mol. The Morgan fingerprint density at radius 3 is 1.05 bits per heavy atom. The van der Waals surface area contributed by atoms with Crippen LogP contribution in [0, 0.1) is 0 Å². The number of aromatic nitrogens is 2. The quantitative estimate of drug-likeness (QED) is 0.153. The Bertz CT molecular complexity index is 3370. The van der Waals surface area contributed by atoms with Crippen molar-refractivity contribution in [1.82, 2.24) is 9.97 Å². The van der Waals surface area contributed by atoms with Crippen LogP contribution in [0.2, 0.25) is 0 Å². The minimum atomic E-state index is 0.713. The summed E-state index contributed by atoms with van der Waals surface area (Å²) in [5.74, 6) is 0.713. The van der Waals surface area contributed by atoms with Crippen molar-refractivity contribution >= 4 is 31.6 Å². The minimum Gasteiger partial charge on any atom is -0.226 e. The van der Waals surface area contributed by atoms with Crippen LogP contribution in [0.5, 0.6) is 0 Å². The lowest BCUT2D eigenvalue weighted by molar-refractivity contribution is 1.24. The topological polar surface area (TPSA) is 25.8 Å². The molecule has 0 aliphatic rings. The van der Waals surface area contributed by atoms with Crippen LogP contribution in [-0.2, 0) is 0 Å². The lowest BCUT2D eigenvalue weighted by atomic mass is 9.95.